The number of esters is 1. The number of aliphatic hydroxyl groups is 2. The van der Waals surface area contributed by atoms with Crippen molar-refractivity contribution in [2.24, 2.45) is 0 Å². The van der Waals surface area contributed by atoms with Gasteiger partial charge in [0.25, 0.3) is 0 Å². The van der Waals surface area contributed by atoms with Gasteiger partial charge in [-0.25, -0.2) is 4.79 Å². The van der Waals surface area contributed by atoms with Gasteiger partial charge in [0.1, 0.15) is 18.5 Å². The fourth-order valence-corrected chi connectivity index (χ4v) is 1.45. The lowest BCUT2D eigenvalue weighted by atomic mass is 10.2. The molecule has 0 amide bonds. The Morgan fingerprint density at radius 2 is 2.05 bits per heavy atom. The summed E-state index contributed by atoms with van der Waals surface area (Å²) in [5.41, 5.74) is 0.845. The summed E-state index contributed by atoms with van der Waals surface area (Å²) in [5, 5.41) is 17.6. The maximum absolute atomic E-state index is 11.4. The maximum atomic E-state index is 11.4. The fourth-order valence-electron chi connectivity index (χ4n) is 1.45. The SMILES string of the molecule is CCCCOc1ccc(/C=C/C(=O)OC[C@H](O)CO)cc1. The van der Waals surface area contributed by atoms with Gasteiger partial charge in [-0.3, -0.25) is 0 Å². The van der Waals surface area contributed by atoms with Crippen LogP contribution in [0.5, 0.6) is 5.75 Å². The Morgan fingerprint density at radius 1 is 1.33 bits per heavy atom. The lowest BCUT2D eigenvalue weighted by Crippen LogP contribution is -2.21. The van der Waals surface area contributed by atoms with Crippen molar-refractivity contribution < 1.29 is 24.5 Å². The molecule has 0 spiro atoms. The number of ether oxygens (including phenoxy) is 2. The molecule has 1 atom stereocenters. The van der Waals surface area contributed by atoms with Crippen molar-refractivity contribution in [3.8, 4) is 5.75 Å². The molecule has 2 N–H and O–H groups in total. The first kappa shape index (κ1) is 17.2. The Morgan fingerprint density at radius 3 is 2.67 bits per heavy atom. The van der Waals surface area contributed by atoms with E-state index in [0.29, 0.717) is 6.61 Å². The monoisotopic (exact) mass is 294 g/mol. The van der Waals surface area contributed by atoms with Crippen LogP contribution in [0.3, 0.4) is 0 Å². The van der Waals surface area contributed by atoms with Gasteiger partial charge in [0, 0.05) is 6.08 Å². The summed E-state index contributed by atoms with van der Waals surface area (Å²) in [5.74, 6) is 0.236. The molecule has 116 valence electrons. The average molecular weight is 294 g/mol. The van der Waals surface area contributed by atoms with Crippen LogP contribution in [0.2, 0.25) is 0 Å². The largest absolute Gasteiger partial charge is 0.494 e. The summed E-state index contributed by atoms with van der Waals surface area (Å²) in [6.07, 6.45) is 3.96. The molecule has 21 heavy (non-hydrogen) atoms. The molecule has 5 nitrogen and oxygen atoms in total. The van der Waals surface area contributed by atoms with Crippen LogP contribution in [0.15, 0.2) is 30.3 Å². The highest BCUT2D eigenvalue weighted by Gasteiger charge is 2.04. The van der Waals surface area contributed by atoms with Crippen molar-refractivity contribution in [2.75, 3.05) is 19.8 Å². The predicted octanol–water partition coefficient (Wildman–Crippen LogP) is 1.78. The van der Waals surface area contributed by atoms with Gasteiger partial charge in [0.05, 0.1) is 13.2 Å². The van der Waals surface area contributed by atoms with E-state index in [1.165, 1.54) is 6.08 Å². The normalized spacial score (nSPS) is 12.3. The summed E-state index contributed by atoms with van der Waals surface area (Å²) in [4.78, 5) is 11.4. The van der Waals surface area contributed by atoms with Crippen LogP contribution in [-0.2, 0) is 9.53 Å². The van der Waals surface area contributed by atoms with Crippen molar-refractivity contribution >= 4 is 12.0 Å². The zero-order chi connectivity index (χ0) is 15.5. The van der Waals surface area contributed by atoms with Crippen LogP contribution in [0, 0.1) is 0 Å². The van der Waals surface area contributed by atoms with Gasteiger partial charge in [-0.15, -0.1) is 0 Å². The van der Waals surface area contributed by atoms with Gasteiger partial charge >= 0.3 is 5.97 Å². The van der Waals surface area contributed by atoms with Crippen LogP contribution in [0.25, 0.3) is 6.08 Å². The summed E-state index contributed by atoms with van der Waals surface area (Å²) >= 11 is 0. The number of rotatable bonds is 9. The van der Waals surface area contributed by atoms with Crippen molar-refractivity contribution in [1.82, 2.24) is 0 Å². The number of carbonyl (C=O) groups excluding carboxylic acids is 1. The molecule has 1 rings (SSSR count). The molecule has 0 heterocycles. The van der Waals surface area contributed by atoms with Gasteiger partial charge < -0.3 is 19.7 Å². The molecule has 0 fully saturated rings. The molecule has 0 radical (unpaired) electrons. The second kappa shape index (κ2) is 9.96. The summed E-state index contributed by atoms with van der Waals surface area (Å²) in [6, 6.07) is 7.37. The van der Waals surface area contributed by atoms with E-state index in [9.17, 15) is 4.79 Å². The number of unbranched alkanes of at least 4 members (excludes halogenated alkanes) is 1. The van der Waals surface area contributed by atoms with E-state index in [0.717, 1.165) is 24.2 Å². The van der Waals surface area contributed by atoms with Crippen LogP contribution >= 0.6 is 0 Å². The highest BCUT2D eigenvalue weighted by Crippen LogP contribution is 2.13. The molecule has 5 heteroatoms. The molecule has 1 aromatic carbocycles. The number of hydrogen-bond acceptors (Lipinski definition) is 5. The molecule has 0 aliphatic rings. The van der Waals surface area contributed by atoms with Gasteiger partial charge in [0.2, 0.25) is 0 Å². The quantitative estimate of drug-likeness (QED) is 0.412. The first-order valence-corrected chi connectivity index (χ1v) is 7.02. The Kier molecular flexibility index (Phi) is 8.16. The lowest BCUT2D eigenvalue weighted by Gasteiger charge is -2.06. The van der Waals surface area contributed by atoms with Crippen LogP contribution in [0.4, 0.5) is 0 Å². The molecule has 0 unspecified atom stereocenters. The van der Waals surface area contributed by atoms with Gasteiger partial charge in [-0.05, 0) is 30.2 Å². The summed E-state index contributed by atoms with van der Waals surface area (Å²) in [7, 11) is 0. The van der Waals surface area contributed by atoms with E-state index in [1.807, 2.05) is 24.3 Å². The van der Waals surface area contributed by atoms with Gasteiger partial charge in [-0.1, -0.05) is 25.5 Å². The van der Waals surface area contributed by atoms with Crippen LogP contribution in [-0.4, -0.2) is 42.1 Å². The fraction of sp³-hybridized carbons (Fsp3) is 0.438. The van der Waals surface area contributed by atoms with E-state index in [4.69, 9.17) is 19.7 Å². The third-order valence-corrected chi connectivity index (χ3v) is 2.69. The summed E-state index contributed by atoms with van der Waals surface area (Å²) in [6.45, 7) is 2.15. The number of aliphatic hydroxyl groups excluding tert-OH is 2. The maximum Gasteiger partial charge on any atom is 0.330 e. The average Bonchev–Trinajstić information content (AvgIpc) is 2.52. The third kappa shape index (κ3) is 7.48. The first-order valence-electron chi connectivity index (χ1n) is 7.02. The topological polar surface area (TPSA) is 76.0 Å². The van der Waals surface area contributed by atoms with Crippen molar-refractivity contribution in [3.05, 3.63) is 35.9 Å². The Labute approximate surface area is 124 Å². The number of benzene rings is 1. The second-order valence-corrected chi connectivity index (χ2v) is 4.57. The van der Waals surface area contributed by atoms with E-state index in [1.54, 1.807) is 6.08 Å². The minimum absolute atomic E-state index is 0.218. The van der Waals surface area contributed by atoms with Crippen LogP contribution in [0.1, 0.15) is 25.3 Å². The third-order valence-electron chi connectivity index (χ3n) is 2.69. The molecular formula is C16H22O5. The Balaban J connectivity index is 2.40. The van der Waals surface area contributed by atoms with E-state index >= 15 is 0 Å². The van der Waals surface area contributed by atoms with E-state index in [-0.39, 0.29) is 6.61 Å². The Bertz CT molecular complexity index is 438. The second-order valence-electron chi connectivity index (χ2n) is 4.57. The van der Waals surface area contributed by atoms with Crippen molar-refractivity contribution in [1.29, 1.82) is 0 Å². The minimum Gasteiger partial charge on any atom is -0.494 e. The molecule has 0 aliphatic carbocycles. The summed E-state index contributed by atoms with van der Waals surface area (Å²) < 4.78 is 10.3. The molecular weight excluding hydrogens is 272 g/mol. The van der Waals surface area contributed by atoms with Crippen molar-refractivity contribution in [3.63, 3.8) is 0 Å². The van der Waals surface area contributed by atoms with E-state index < -0.39 is 18.7 Å². The van der Waals surface area contributed by atoms with E-state index in [2.05, 4.69) is 6.92 Å². The highest BCUT2D eigenvalue weighted by molar-refractivity contribution is 5.87. The molecule has 1 aromatic rings. The highest BCUT2D eigenvalue weighted by atomic mass is 16.5. The zero-order valence-electron chi connectivity index (χ0n) is 12.2. The lowest BCUT2D eigenvalue weighted by molar-refractivity contribution is -0.141. The molecule has 0 aliphatic heterocycles. The molecule has 0 saturated heterocycles. The molecule has 0 saturated carbocycles. The van der Waals surface area contributed by atoms with Gasteiger partial charge in [0.15, 0.2) is 0 Å². The minimum atomic E-state index is -1.04. The van der Waals surface area contributed by atoms with Gasteiger partial charge in [-0.2, -0.15) is 0 Å². The molecule has 0 bridgehead atoms. The molecule has 0 aromatic heterocycles. The zero-order valence-corrected chi connectivity index (χ0v) is 12.2. The smallest absolute Gasteiger partial charge is 0.330 e. The first-order chi connectivity index (χ1) is 10.2. The standard InChI is InChI=1S/C16H22O5/c1-2-3-10-20-15-7-4-13(5-8-15)6-9-16(19)21-12-14(18)11-17/h4-9,14,17-18H,2-3,10-12H2,1H3/b9-6+/t14-/m1/s1. The predicted molar refractivity (Wildman–Crippen MR) is 79.9 cm³/mol. The van der Waals surface area contributed by atoms with Crippen LogP contribution < -0.4 is 4.74 Å². The van der Waals surface area contributed by atoms with Crippen molar-refractivity contribution in [2.45, 2.75) is 25.9 Å². The number of hydrogen-bond donors (Lipinski definition) is 2. The Hall–Kier alpha value is -1.85. The number of carbonyl (C=O) groups is 1.